The number of nitrogens with zero attached hydrogens (tertiary/aromatic N) is 2. The van der Waals surface area contributed by atoms with Crippen molar-refractivity contribution in [3.05, 3.63) is 63.8 Å². The van der Waals surface area contributed by atoms with Gasteiger partial charge in [0.15, 0.2) is 0 Å². The van der Waals surface area contributed by atoms with E-state index in [2.05, 4.69) is 15.6 Å². The molecule has 1 aliphatic rings. The van der Waals surface area contributed by atoms with E-state index in [1.54, 1.807) is 29.4 Å². The Hall–Kier alpha value is -2.96. The van der Waals surface area contributed by atoms with Crippen LogP contribution in [0.2, 0.25) is 0 Å². The van der Waals surface area contributed by atoms with Gasteiger partial charge in [0.25, 0.3) is 11.8 Å². The lowest BCUT2D eigenvalue weighted by atomic mass is 10.1. The molecule has 0 aromatic carbocycles. The Labute approximate surface area is 189 Å². The average Bonchev–Trinajstić information content (AvgIpc) is 3.05. The Morgan fingerprint density at radius 1 is 1.03 bits per heavy atom. The Morgan fingerprint density at radius 3 is 2.28 bits per heavy atom. The number of aryl methyl sites for hydroxylation is 1. The fraction of sp³-hybridized carbons (Fsp3) is 0.520. The van der Waals surface area contributed by atoms with Crippen molar-refractivity contribution >= 4 is 11.8 Å². The summed E-state index contributed by atoms with van der Waals surface area (Å²) in [6, 6.07) is 3.99. The van der Waals surface area contributed by atoms with Gasteiger partial charge in [-0.2, -0.15) is 0 Å². The summed E-state index contributed by atoms with van der Waals surface area (Å²) in [5, 5.41) is 5.86. The quantitative estimate of drug-likeness (QED) is 0.486. The van der Waals surface area contributed by atoms with Gasteiger partial charge >= 0.3 is 0 Å². The van der Waals surface area contributed by atoms with Crippen LogP contribution in [0, 0.1) is 0 Å². The SMILES string of the molecule is CC(C)n1cc(C(=O)NCCCc2ccncc2)c(=O)c(C(=O)NC2CCCCCC2)c1. The van der Waals surface area contributed by atoms with Gasteiger partial charge < -0.3 is 15.2 Å². The van der Waals surface area contributed by atoms with E-state index in [0.29, 0.717) is 6.54 Å². The van der Waals surface area contributed by atoms with Gasteiger partial charge in [0.05, 0.1) is 0 Å². The number of hydrogen-bond donors (Lipinski definition) is 2. The molecule has 7 heteroatoms. The van der Waals surface area contributed by atoms with E-state index >= 15 is 0 Å². The highest BCUT2D eigenvalue weighted by molar-refractivity contribution is 5.99. The number of carbonyl (C=O) groups excluding carboxylic acids is 2. The summed E-state index contributed by atoms with van der Waals surface area (Å²) < 4.78 is 1.76. The molecule has 2 N–H and O–H groups in total. The number of carbonyl (C=O) groups is 2. The van der Waals surface area contributed by atoms with Crippen molar-refractivity contribution in [2.75, 3.05) is 6.54 Å². The molecule has 0 bridgehead atoms. The molecule has 0 spiro atoms. The molecule has 32 heavy (non-hydrogen) atoms. The molecule has 1 aliphatic carbocycles. The lowest BCUT2D eigenvalue weighted by molar-refractivity contribution is 0.0931. The third kappa shape index (κ3) is 6.52. The summed E-state index contributed by atoms with van der Waals surface area (Å²) in [5.41, 5.74) is 0.678. The van der Waals surface area contributed by atoms with Gasteiger partial charge in [-0.15, -0.1) is 0 Å². The molecule has 7 nitrogen and oxygen atoms in total. The normalized spacial score (nSPS) is 14.7. The van der Waals surface area contributed by atoms with Crippen LogP contribution in [0.1, 0.15) is 91.1 Å². The topological polar surface area (TPSA) is 93.1 Å². The van der Waals surface area contributed by atoms with Gasteiger partial charge in [0.1, 0.15) is 11.1 Å². The summed E-state index contributed by atoms with van der Waals surface area (Å²) in [7, 11) is 0. The molecule has 172 valence electrons. The van der Waals surface area contributed by atoms with Crippen molar-refractivity contribution in [2.24, 2.45) is 0 Å². The molecule has 1 saturated carbocycles. The van der Waals surface area contributed by atoms with Crippen LogP contribution < -0.4 is 16.1 Å². The molecule has 0 radical (unpaired) electrons. The Balaban J connectivity index is 1.70. The second-order valence-electron chi connectivity index (χ2n) is 8.83. The molecule has 1 fully saturated rings. The van der Waals surface area contributed by atoms with E-state index in [1.807, 2.05) is 26.0 Å². The van der Waals surface area contributed by atoms with Crippen molar-refractivity contribution < 1.29 is 9.59 Å². The summed E-state index contributed by atoms with van der Waals surface area (Å²) in [6.07, 6.45) is 14.6. The second kappa shape index (κ2) is 11.6. The molecule has 2 aromatic rings. The zero-order chi connectivity index (χ0) is 22.9. The van der Waals surface area contributed by atoms with Gasteiger partial charge in [-0.25, -0.2) is 0 Å². The number of rotatable bonds is 8. The zero-order valence-electron chi connectivity index (χ0n) is 19.1. The van der Waals surface area contributed by atoms with Crippen molar-refractivity contribution in [3.63, 3.8) is 0 Å². The van der Waals surface area contributed by atoms with Crippen LogP contribution in [-0.2, 0) is 6.42 Å². The fourth-order valence-electron chi connectivity index (χ4n) is 4.05. The van der Waals surface area contributed by atoms with E-state index in [0.717, 1.165) is 44.1 Å². The lowest BCUT2D eigenvalue weighted by Crippen LogP contribution is -2.39. The summed E-state index contributed by atoms with van der Waals surface area (Å²) in [4.78, 5) is 42.8. The molecular formula is C25H34N4O3. The Kier molecular flexibility index (Phi) is 8.59. The third-order valence-electron chi connectivity index (χ3n) is 6.00. The van der Waals surface area contributed by atoms with Crippen molar-refractivity contribution in [1.29, 1.82) is 0 Å². The summed E-state index contributed by atoms with van der Waals surface area (Å²) in [6.45, 7) is 4.35. The van der Waals surface area contributed by atoms with Crippen LogP contribution in [0.4, 0.5) is 0 Å². The van der Waals surface area contributed by atoms with E-state index in [9.17, 15) is 14.4 Å². The van der Waals surface area contributed by atoms with Gasteiger partial charge in [-0.1, -0.05) is 25.7 Å². The number of pyridine rings is 2. The maximum atomic E-state index is 13.0. The number of aromatic nitrogens is 2. The van der Waals surface area contributed by atoms with Crippen LogP contribution >= 0.6 is 0 Å². The highest BCUT2D eigenvalue weighted by Gasteiger charge is 2.22. The minimum atomic E-state index is -0.514. The molecule has 0 unspecified atom stereocenters. The van der Waals surface area contributed by atoms with Crippen molar-refractivity contribution in [2.45, 2.75) is 77.3 Å². The lowest BCUT2D eigenvalue weighted by Gasteiger charge is -2.18. The van der Waals surface area contributed by atoms with Crippen LogP contribution in [0.3, 0.4) is 0 Å². The Morgan fingerprint density at radius 2 is 1.66 bits per heavy atom. The minimum absolute atomic E-state index is 0.0103. The second-order valence-corrected chi connectivity index (χ2v) is 8.83. The summed E-state index contributed by atoms with van der Waals surface area (Å²) >= 11 is 0. The number of nitrogens with one attached hydrogen (secondary N) is 2. The van der Waals surface area contributed by atoms with Crippen LogP contribution in [0.25, 0.3) is 0 Å². The molecule has 2 heterocycles. The standard InChI is InChI=1S/C25H34N4O3/c1-18(2)29-16-21(24(31)27-13-7-8-19-11-14-26-15-12-19)23(30)22(17-29)25(32)28-20-9-5-3-4-6-10-20/h11-12,14-18,20H,3-10,13H2,1-2H3,(H,27,31)(H,28,32). The molecular weight excluding hydrogens is 404 g/mol. The first kappa shape index (κ1) is 23.7. The molecule has 2 aromatic heterocycles. The number of hydrogen-bond acceptors (Lipinski definition) is 4. The van der Waals surface area contributed by atoms with E-state index in [4.69, 9.17) is 0 Å². The molecule has 0 aliphatic heterocycles. The third-order valence-corrected chi connectivity index (χ3v) is 6.00. The highest BCUT2D eigenvalue weighted by atomic mass is 16.2. The van der Waals surface area contributed by atoms with Crippen LogP contribution in [0.15, 0.2) is 41.7 Å². The van der Waals surface area contributed by atoms with Crippen molar-refractivity contribution in [1.82, 2.24) is 20.2 Å². The largest absolute Gasteiger partial charge is 0.352 e. The maximum absolute atomic E-state index is 13.0. The Bertz CT molecular complexity index is 961. The molecule has 3 rings (SSSR count). The monoisotopic (exact) mass is 438 g/mol. The first-order chi connectivity index (χ1) is 15.5. The summed E-state index contributed by atoms with van der Waals surface area (Å²) in [5.74, 6) is -0.827. The first-order valence-corrected chi connectivity index (χ1v) is 11.7. The number of amides is 2. The van der Waals surface area contributed by atoms with Crippen LogP contribution in [-0.4, -0.2) is 34.0 Å². The van der Waals surface area contributed by atoms with Gasteiger partial charge in [-0.05, 0) is 57.2 Å². The molecule has 0 saturated heterocycles. The maximum Gasteiger partial charge on any atom is 0.256 e. The van der Waals surface area contributed by atoms with Crippen molar-refractivity contribution in [3.8, 4) is 0 Å². The van der Waals surface area contributed by atoms with Gasteiger partial charge in [-0.3, -0.25) is 19.4 Å². The predicted molar refractivity (Wildman–Crippen MR) is 125 cm³/mol. The molecule has 0 atom stereocenters. The van der Waals surface area contributed by atoms with E-state index in [1.165, 1.54) is 12.8 Å². The zero-order valence-corrected chi connectivity index (χ0v) is 19.1. The van der Waals surface area contributed by atoms with Crippen LogP contribution in [0.5, 0.6) is 0 Å². The van der Waals surface area contributed by atoms with Gasteiger partial charge in [0, 0.05) is 43.4 Å². The minimum Gasteiger partial charge on any atom is -0.352 e. The predicted octanol–water partition coefficient (Wildman–Crippen LogP) is 3.64. The molecule has 2 amide bonds. The average molecular weight is 439 g/mol. The van der Waals surface area contributed by atoms with Gasteiger partial charge in [0.2, 0.25) is 5.43 Å². The van der Waals surface area contributed by atoms with E-state index in [-0.39, 0.29) is 29.1 Å². The smallest absolute Gasteiger partial charge is 0.256 e. The first-order valence-electron chi connectivity index (χ1n) is 11.7. The highest BCUT2D eigenvalue weighted by Crippen LogP contribution is 2.17. The van der Waals surface area contributed by atoms with E-state index < -0.39 is 11.3 Å². The fourth-order valence-corrected chi connectivity index (χ4v) is 4.05.